The molecule has 1 N–H and O–H groups in total. The average molecular weight is 193 g/mol. The SMILES string of the molecule is CC1(CNC2CCC[C@H]3C[C@@H]23)CCC1. The first-order valence-corrected chi connectivity index (χ1v) is 6.50. The van der Waals surface area contributed by atoms with Crippen molar-refractivity contribution in [1.29, 1.82) is 0 Å². The third kappa shape index (κ3) is 1.60. The largest absolute Gasteiger partial charge is 0.313 e. The predicted octanol–water partition coefficient (Wildman–Crippen LogP) is 2.95. The Labute approximate surface area is 87.7 Å². The lowest BCUT2D eigenvalue weighted by atomic mass is 9.70. The van der Waals surface area contributed by atoms with Gasteiger partial charge in [-0.2, -0.15) is 0 Å². The highest BCUT2D eigenvalue weighted by molar-refractivity contribution is 4.99. The van der Waals surface area contributed by atoms with Crippen molar-refractivity contribution in [1.82, 2.24) is 5.32 Å². The van der Waals surface area contributed by atoms with Gasteiger partial charge in [0.1, 0.15) is 0 Å². The minimum atomic E-state index is 0.668. The van der Waals surface area contributed by atoms with Gasteiger partial charge in [0.05, 0.1) is 0 Å². The zero-order chi connectivity index (χ0) is 9.60. The molecule has 1 heteroatoms. The van der Waals surface area contributed by atoms with E-state index in [0.29, 0.717) is 5.41 Å². The first-order chi connectivity index (χ1) is 6.77. The standard InChI is InChI=1S/C13H23N/c1-13(6-3-7-13)9-14-12-5-2-4-10-8-11(10)12/h10-12,14H,2-9H2,1H3/t10-,11+,12?/m0/s1. The zero-order valence-corrected chi connectivity index (χ0v) is 9.39. The maximum atomic E-state index is 3.86. The molecule has 3 rings (SSSR count). The Kier molecular flexibility index (Phi) is 2.12. The molecule has 0 amide bonds. The molecule has 1 unspecified atom stereocenters. The van der Waals surface area contributed by atoms with Crippen molar-refractivity contribution in [3.05, 3.63) is 0 Å². The van der Waals surface area contributed by atoms with E-state index in [0.717, 1.165) is 17.9 Å². The third-order valence-electron chi connectivity index (χ3n) is 4.94. The van der Waals surface area contributed by atoms with Crippen molar-refractivity contribution < 1.29 is 0 Å². The van der Waals surface area contributed by atoms with Crippen molar-refractivity contribution >= 4 is 0 Å². The number of hydrogen-bond acceptors (Lipinski definition) is 1. The van der Waals surface area contributed by atoms with Crippen LogP contribution in [0, 0.1) is 17.3 Å². The van der Waals surface area contributed by atoms with Crippen LogP contribution >= 0.6 is 0 Å². The molecule has 1 nitrogen and oxygen atoms in total. The number of hydrogen-bond donors (Lipinski definition) is 1. The second kappa shape index (κ2) is 3.23. The second-order valence-electron chi connectivity index (χ2n) is 6.24. The Morgan fingerprint density at radius 2 is 2.07 bits per heavy atom. The van der Waals surface area contributed by atoms with Crippen LogP contribution in [0.2, 0.25) is 0 Å². The summed E-state index contributed by atoms with van der Waals surface area (Å²) in [7, 11) is 0. The van der Waals surface area contributed by atoms with E-state index < -0.39 is 0 Å². The molecule has 14 heavy (non-hydrogen) atoms. The monoisotopic (exact) mass is 193 g/mol. The van der Waals surface area contributed by atoms with Crippen LogP contribution in [0.15, 0.2) is 0 Å². The minimum absolute atomic E-state index is 0.668. The van der Waals surface area contributed by atoms with Crippen molar-refractivity contribution in [3.63, 3.8) is 0 Å². The molecule has 0 aromatic carbocycles. The Balaban J connectivity index is 1.47. The molecule has 3 saturated carbocycles. The zero-order valence-electron chi connectivity index (χ0n) is 9.39. The molecule has 0 bridgehead atoms. The van der Waals surface area contributed by atoms with Gasteiger partial charge in [-0.3, -0.25) is 0 Å². The van der Waals surface area contributed by atoms with Gasteiger partial charge in [0, 0.05) is 12.6 Å². The van der Waals surface area contributed by atoms with E-state index in [1.54, 1.807) is 0 Å². The molecular weight excluding hydrogens is 170 g/mol. The Morgan fingerprint density at radius 3 is 2.79 bits per heavy atom. The lowest BCUT2D eigenvalue weighted by Crippen LogP contribution is -2.43. The van der Waals surface area contributed by atoms with Crippen molar-refractivity contribution in [3.8, 4) is 0 Å². The highest BCUT2D eigenvalue weighted by atomic mass is 15.0. The molecular formula is C13H23N. The van der Waals surface area contributed by atoms with Gasteiger partial charge in [0.15, 0.2) is 0 Å². The summed E-state index contributed by atoms with van der Waals surface area (Å²) in [5.41, 5.74) is 0.668. The summed E-state index contributed by atoms with van der Waals surface area (Å²) in [6, 6.07) is 0.895. The van der Waals surface area contributed by atoms with Gasteiger partial charge in [-0.05, 0) is 42.9 Å². The van der Waals surface area contributed by atoms with E-state index in [2.05, 4.69) is 12.2 Å². The van der Waals surface area contributed by atoms with Gasteiger partial charge >= 0.3 is 0 Å². The van der Waals surface area contributed by atoms with Crippen LogP contribution in [-0.2, 0) is 0 Å². The maximum absolute atomic E-state index is 3.86. The number of rotatable bonds is 3. The summed E-state index contributed by atoms with van der Waals surface area (Å²) in [5, 5.41) is 3.86. The fourth-order valence-electron chi connectivity index (χ4n) is 3.50. The molecule has 3 aliphatic carbocycles. The molecule has 0 aliphatic heterocycles. The maximum Gasteiger partial charge on any atom is 0.00983 e. The first-order valence-electron chi connectivity index (χ1n) is 6.50. The Morgan fingerprint density at radius 1 is 1.21 bits per heavy atom. The van der Waals surface area contributed by atoms with Crippen LogP contribution < -0.4 is 5.32 Å². The van der Waals surface area contributed by atoms with Crippen LogP contribution in [0.1, 0.15) is 51.9 Å². The molecule has 3 fully saturated rings. The second-order valence-corrected chi connectivity index (χ2v) is 6.24. The highest BCUT2D eigenvalue weighted by Gasteiger charge is 2.45. The van der Waals surface area contributed by atoms with E-state index in [9.17, 15) is 0 Å². The van der Waals surface area contributed by atoms with E-state index >= 15 is 0 Å². The summed E-state index contributed by atoms with van der Waals surface area (Å²) < 4.78 is 0. The normalized spacial score (nSPS) is 43.9. The predicted molar refractivity (Wildman–Crippen MR) is 59.2 cm³/mol. The number of nitrogens with one attached hydrogen (secondary N) is 1. The lowest BCUT2D eigenvalue weighted by Gasteiger charge is -2.40. The summed E-state index contributed by atoms with van der Waals surface area (Å²) in [6.45, 7) is 3.75. The van der Waals surface area contributed by atoms with Crippen LogP contribution in [0.5, 0.6) is 0 Å². The van der Waals surface area contributed by atoms with Gasteiger partial charge in [-0.15, -0.1) is 0 Å². The average Bonchev–Trinajstić information content (AvgIpc) is 2.90. The Bertz CT molecular complexity index is 219. The fraction of sp³-hybridized carbons (Fsp3) is 1.00. The molecule has 0 radical (unpaired) electrons. The molecule has 3 atom stereocenters. The highest BCUT2D eigenvalue weighted by Crippen LogP contribution is 2.50. The molecule has 0 heterocycles. The van der Waals surface area contributed by atoms with Gasteiger partial charge in [-0.1, -0.05) is 26.2 Å². The van der Waals surface area contributed by atoms with Crippen LogP contribution in [-0.4, -0.2) is 12.6 Å². The summed E-state index contributed by atoms with van der Waals surface area (Å²) >= 11 is 0. The summed E-state index contributed by atoms with van der Waals surface area (Å²) in [5.74, 6) is 2.20. The van der Waals surface area contributed by atoms with E-state index in [-0.39, 0.29) is 0 Å². The van der Waals surface area contributed by atoms with Crippen molar-refractivity contribution in [2.75, 3.05) is 6.54 Å². The molecule has 0 saturated heterocycles. The van der Waals surface area contributed by atoms with Gasteiger partial charge in [0.2, 0.25) is 0 Å². The van der Waals surface area contributed by atoms with Crippen LogP contribution in [0.3, 0.4) is 0 Å². The summed E-state index contributed by atoms with van der Waals surface area (Å²) in [4.78, 5) is 0. The van der Waals surface area contributed by atoms with Crippen molar-refractivity contribution in [2.45, 2.75) is 57.9 Å². The van der Waals surface area contributed by atoms with E-state index in [1.807, 2.05) is 0 Å². The first kappa shape index (κ1) is 9.21. The van der Waals surface area contributed by atoms with E-state index in [1.165, 1.54) is 51.5 Å². The molecule has 0 aromatic heterocycles. The summed E-state index contributed by atoms with van der Waals surface area (Å²) in [6.07, 6.45) is 10.4. The lowest BCUT2D eigenvalue weighted by molar-refractivity contribution is 0.144. The van der Waals surface area contributed by atoms with E-state index in [4.69, 9.17) is 0 Å². The minimum Gasteiger partial charge on any atom is -0.313 e. The molecule has 80 valence electrons. The van der Waals surface area contributed by atoms with Crippen LogP contribution in [0.4, 0.5) is 0 Å². The molecule has 0 spiro atoms. The molecule has 0 aromatic rings. The van der Waals surface area contributed by atoms with Gasteiger partial charge < -0.3 is 5.32 Å². The topological polar surface area (TPSA) is 12.0 Å². The third-order valence-corrected chi connectivity index (χ3v) is 4.94. The van der Waals surface area contributed by atoms with Gasteiger partial charge in [-0.25, -0.2) is 0 Å². The fourth-order valence-corrected chi connectivity index (χ4v) is 3.50. The smallest absolute Gasteiger partial charge is 0.00983 e. The number of fused-ring (bicyclic) bond motifs is 1. The Hall–Kier alpha value is -0.0400. The quantitative estimate of drug-likeness (QED) is 0.726. The van der Waals surface area contributed by atoms with Gasteiger partial charge in [0.25, 0.3) is 0 Å². The van der Waals surface area contributed by atoms with Crippen LogP contribution in [0.25, 0.3) is 0 Å². The molecule has 3 aliphatic rings. The van der Waals surface area contributed by atoms with Crippen molar-refractivity contribution in [2.24, 2.45) is 17.3 Å².